The summed E-state index contributed by atoms with van der Waals surface area (Å²) in [5.74, 6) is -1.94. The Kier molecular flexibility index (Phi) is 3.98. The van der Waals surface area contributed by atoms with E-state index in [1.165, 1.54) is 0 Å². The maximum Gasteiger partial charge on any atom is 0.262 e. The second-order valence-corrected chi connectivity index (χ2v) is 5.88. The summed E-state index contributed by atoms with van der Waals surface area (Å²) in [6, 6.07) is 5.26. The summed E-state index contributed by atoms with van der Waals surface area (Å²) in [7, 11) is 0. The van der Waals surface area contributed by atoms with Crippen molar-refractivity contribution in [3.8, 4) is 5.75 Å². The van der Waals surface area contributed by atoms with Gasteiger partial charge in [-0.05, 0) is 23.6 Å². The summed E-state index contributed by atoms with van der Waals surface area (Å²) in [4.78, 5) is 47.5. The van der Waals surface area contributed by atoms with Gasteiger partial charge in [-0.2, -0.15) is 0 Å². The summed E-state index contributed by atoms with van der Waals surface area (Å²) in [5.41, 5.74) is 1.34. The third-order valence-electron chi connectivity index (χ3n) is 4.32. The lowest BCUT2D eigenvalue weighted by Crippen LogP contribution is -2.37. The van der Waals surface area contributed by atoms with Crippen LogP contribution in [-0.4, -0.2) is 29.9 Å². The molecule has 0 radical (unpaired) electrons. The number of rotatable bonds is 3. The number of anilines is 1. The molecule has 1 aliphatic heterocycles. The maximum atomic E-state index is 12.2. The molecule has 1 aromatic rings. The smallest absolute Gasteiger partial charge is 0.262 e. The minimum absolute atomic E-state index is 0.0203. The predicted molar refractivity (Wildman–Crippen MR) is 81.3 cm³/mol. The molecule has 2 aliphatic rings. The zero-order chi connectivity index (χ0) is 16.6. The van der Waals surface area contributed by atoms with Gasteiger partial charge in [0.1, 0.15) is 11.7 Å². The Morgan fingerprint density at radius 2 is 1.91 bits per heavy atom. The summed E-state index contributed by atoms with van der Waals surface area (Å²) >= 11 is 0. The summed E-state index contributed by atoms with van der Waals surface area (Å²) in [6.45, 7) is 1.63. The number of amides is 1. The largest absolute Gasteiger partial charge is 0.482 e. The molecule has 0 saturated heterocycles. The quantitative estimate of drug-likeness (QED) is 0.856. The Bertz CT molecular complexity index is 691. The fourth-order valence-electron chi connectivity index (χ4n) is 3.13. The van der Waals surface area contributed by atoms with E-state index in [0.29, 0.717) is 11.4 Å². The van der Waals surface area contributed by atoms with E-state index in [9.17, 15) is 19.2 Å². The van der Waals surface area contributed by atoms with Gasteiger partial charge in [0.2, 0.25) is 0 Å². The van der Waals surface area contributed by atoms with Gasteiger partial charge >= 0.3 is 0 Å². The normalized spacial score (nSPS) is 23.8. The van der Waals surface area contributed by atoms with Crippen molar-refractivity contribution in [1.82, 2.24) is 0 Å². The van der Waals surface area contributed by atoms with Crippen LogP contribution in [-0.2, 0) is 19.2 Å². The Balaban J connectivity index is 1.83. The minimum atomic E-state index is -1.09. The number of hydrogen-bond donors (Lipinski definition) is 1. The second kappa shape index (κ2) is 5.95. The minimum Gasteiger partial charge on any atom is -0.482 e. The van der Waals surface area contributed by atoms with E-state index < -0.39 is 5.92 Å². The van der Waals surface area contributed by atoms with Crippen LogP contribution in [0.15, 0.2) is 18.2 Å². The van der Waals surface area contributed by atoms with E-state index in [4.69, 9.17) is 4.74 Å². The Morgan fingerprint density at radius 1 is 1.22 bits per heavy atom. The standard InChI is InChI=1S/C17H17NO5/c1-2-12(19)17-13(20)6-10(7-14(17)21)9-3-4-15-11(5-9)18-16(22)8-23-15/h3-5,10,17H,2,6-8H2,1H3,(H,18,22). The van der Waals surface area contributed by atoms with Crippen LogP contribution in [0.5, 0.6) is 5.75 Å². The molecule has 0 unspecified atom stereocenters. The molecule has 1 amide bonds. The van der Waals surface area contributed by atoms with Crippen molar-refractivity contribution in [1.29, 1.82) is 0 Å². The van der Waals surface area contributed by atoms with Crippen LogP contribution in [0.25, 0.3) is 0 Å². The molecule has 120 valence electrons. The van der Waals surface area contributed by atoms with Crippen molar-refractivity contribution in [2.45, 2.75) is 32.1 Å². The van der Waals surface area contributed by atoms with Crippen LogP contribution in [0.2, 0.25) is 0 Å². The van der Waals surface area contributed by atoms with Crippen LogP contribution in [0.3, 0.4) is 0 Å². The van der Waals surface area contributed by atoms with Gasteiger partial charge < -0.3 is 10.1 Å². The zero-order valence-corrected chi connectivity index (χ0v) is 12.8. The van der Waals surface area contributed by atoms with Crippen LogP contribution in [0.1, 0.15) is 37.7 Å². The maximum absolute atomic E-state index is 12.2. The number of ether oxygens (including phenoxy) is 1. The van der Waals surface area contributed by atoms with Crippen LogP contribution in [0.4, 0.5) is 5.69 Å². The monoisotopic (exact) mass is 315 g/mol. The topological polar surface area (TPSA) is 89.5 Å². The number of carbonyl (C=O) groups excluding carboxylic acids is 4. The molecule has 1 fully saturated rings. The van der Waals surface area contributed by atoms with E-state index in [0.717, 1.165) is 5.56 Å². The van der Waals surface area contributed by atoms with E-state index in [-0.39, 0.29) is 55.0 Å². The first kappa shape index (κ1) is 15.4. The highest BCUT2D eigenvalue weighted by atomic mass is 16.5. The van der Waals surface area contributed by atoms with Gasteiger partial charge in [0, 0.05) is 19.3 Å². The van der Waals surface area contributed by atoms with Crippen molar-refractivity contribution in [2.24, 2.45) is 5.92 Å². The molecule has 1 N–H and O–H groups in total. The first-order valence-electron chi connectivity index (χ1n) is 7.64. The van der Waals surface area contributed by atoms with Gasteiger partial charge in [-0.15, -0.1) is 0 Å². The first-order chi connectivity index (χ1) is 11.0. The number of fused-ring (bicyclic) bond motifs is 1. The van der Waals surface area contributed by atoms with E-state index >= 15 is 0 Å². The Hall–Kier alpha value is -2.50. The van der Waals surface area contributed by atoms with Crippen molar-refractivity contribution < 1.29 is 23.9 Å². The summed E-state index contributed by atoms with van der Waals surface area (Å²) in [5, 5.41) is 2.71. The highest BCUT2D eigenvalue weighted by Gasteiger charge is 2.39. The molecule has 0 spiro atoms. The second-order valence-electron chi connectivity index (χ2n) is 5.88. The number of carbonyl (C=O) groups is 4. The highest BCUT2D eigenvalue weighted by molar-refractivity contribution is 6.20. The molecule has 6 nitrogen and oxygen atoms in total. The zero-order valence-electron chi connectivity index (χ0n) is 12.8. The number of ketones is 3. The van der Waals surface area contributed by atoms with Gasteiger partial charge in [0.15, 0.2) is 24.0 Å². The van der Waals surface area contributed by atoms with Crippen molar-refractivity contribution in [3.05, 3.63) is 23.8 Å². The number of Topliss-reactive ketones (excluding diaryl/α,β-unsaturated/α-hetero) is 3. The molecule has 6 heteroatoms. The number of nitrogens with one attached hydrogen (secondary N) is 1. The number of benzene rings is 1. The van der Waals surface area contributed by atoms with Gasteiger partial charge in [-0.3, -0.25) is 19.2 Å². The molecule has 0 atom stereocenters. The fourth-order valence-corrected chi connectivity index (χ4v) is 3.13. The Labute approximate surface area is 133 Å². The molecular weight excluding hydrogens is 298 g/mol. The predicted octanol–water partition coefficient (Wildman–Crippen LogP) is 1.63. The first-order valence-corrected chi connectivity index (χ1v) is 7.64. The highest BCUT2D eigenvalue weighted by Crippen LogP contribution is 2.37. The lowest BCUT2D eigenvalue weighted by molar-refractivity contribution is -0.142. The summed E-state index contributed by atoms with van der Waals surface area (Å²) in [6.07, 6.45) is 0.514. The molecule has 1 aliphatic carbocycles. The molecular formula is C17H17NO5. The van der Waals surface area contributed by atoms with Crippen molar-refractivity contribution in [3.63, 3.8) is 0 Å². The van der Waals surface area contributed by atoms with Gasteiger partial charge in [0.05, 0.1) is 5.69 Å². The average Bonchev–Trinajstić information content (AvgIpc) is 2.53. The Morgan fingerprint density at radius 3 is 2.57 bits per heavy atom. The molecule has 0 aromatic heterocycles. The van der Waals surface area contributed by atoms with Crippen molar-refractivity contribution >= 4 is 28.9 Å². The molecule has 0 bridgehead atoms. The van der Waals surface area contributed by atoms with E-state index in [1.807, 2.05) is 0 Å². The van der Waals surface area contributed by atoms with E-state index in [2.05, 4.69) is 5.32 Å². The van der Waals surface area contributed by atoms with Gasteiger partial charge in [0.25, 0.3) is 5.91 Å². The molecule has 1 heterocycles. The van der Waals surface area contributed by atoms with Crippen LogP contribution < -0.4 is 10.1 Å². The lowest BCUT2D eigenvalue weighted by atomic mass is 9.75. The van der Waals surface area contributed by atoms with Crippen LogP contribution in [0, 0.1) is 5.92 Å². The summed E-state index contributed by atoms with van der Waals surface area (Å²) < 4.78 is 5.29. The van der Waals surface area contributed by atoms with Gasteiger partial charge in [-0.25, -0.2) is 0 Å². The average molecular weight is 315 g/mol. The molecule has 1 aromatic carbocycles. The number of hydrogen-bond acceptors (Lipinski definition) is 5. The van der Waals surface area contributed by atoms with Crippen LogP contribution >= 0.6 is 0 Å². The molecule has 1 saturated carbocycles. The van der Waals surface area contributed by atoms with Crippen molar-refractivity contribution in [2.75, 3.05) is 11.9 Å². The fraction of sp³-hybridized carbons (Fsp3) is 0.412. The third kappa shape index (κ3) is 2.88. The van der Waals surface area contributed by atoms with Gasteiger partial charge in [-0.1, -0.05) is 13.0 Å². The SMILES string of the molecule is CCC(=O)C1C(=O)CC(c2ccc3c(c2)NC(=O)CO3)CC1=O. The third-order valence-corrected chi connectivity index (χ3v) is 4.32. The van der Waals surface area contributed by atoms with E-state index in [1.54, 1.807) is 25.1 Å². The molecule has 3 rings (SSSR count). The molecule has 23 heavy (non-hydrogen) atoms. The lowest BCUT2D eigenvalue weighted by Gasteiger charge is -2.27.